The van der Waals surface area contributed by atoms with Crippen LogP contribution in [0.3, 0.4) is 0 Å². The van der Waals surface area contributed by atoms with Gasteiger partial charge in [0.1, 0.15) is 17.3 Å². The molecule has 0 amide bonds. The van der Waals surface area contributed by atoms with Crippen LogP contribution in [0.4, 0.5) is 4.39 Å². The Morgan fingerprint density at radius 3 is 2.48 bits per heavy atom. The van der Waals surface area contributed by atoms with E-state index in [1.807, 2.05) is 12.1 Å². The summed E-state index contributed by atoms with van der Waals surface area (Å²) in [5.41, 5.74) is 0.881. The van der Waals surface area contributed by atoms with E-state index < -0.39 is 0 Å². The molecule has 1 heterocycles. The molecule has 0 saturated heterocycles. The van der Waals surface area contributed by atoms with E-state index in [1.165, 1.54) is 12.1 Å². The van der Waals surface area contributed by atoms with Crippen molar-refractivity contribution in [3.8, 4) is 11.3 Å². The van der Waals surface area contributed by atoms with E-state index in [9.17, 15) is 4.39 Å². The minimum Gasteiger partial charge on any atom is -0.460 e. The maximum absolute atomic E-state index is 12.9. The molecule has 2 rings (SSSR count). The number of aliphatic hydroxyl groups is 1. The quantitative estimate of drug-likeness (QED) is 0.692. The molecule has 21 heavy (non-hydrogen) atoms. The van der Waals surface area contributed by atoms with Gasteiger partial charge in [0.15, 0.2) is 0 Å². The average molecular weight is 291 g/mol. The zero-order valence-electron chi connectivity index (χ0n) is 12.1. The van der Waals surface area contributed by atoms with E-state index in [2.05, 4.69) is 5.32 Å². The van der Waals surface area contributed by atoms with Crippen LogP contribution in [0.15, 0.2) is 40.8 Å². The zero-order valence-corrected chi connectivity index (χ0v) is 12.1. The Morgan fingerprint density at radius 1 is 0.952 bits per heavy atom. The normalized spacial score (nSPS) is 11.0. The highest BCUT2D eigenvalue weighted by atomic mass is 19.1. The summed E-state index contributed by atoms with van der Waals surface area (Å²) in [6, 6.07) is 10.1. The lowest BCUT2D eigenvalue weighted by Crippen LogP contribution is -2.14. The van der Waals surface area contributed by atoms with E-state index in [0.717, 1.165) is 49.3 Å². The van der Waals surface area contributed by atoms with Gasteiger partial charge in [0.25, 0.3) is 0 Å². The van der Waals surface area contributed by atoms with Crippen LogP contribution in [0, 0.1) is 5.82 Å². The molecule has 1 aromatic heterocycles. The highest BCUT2D eigenvalue weighted by molar-refractivity contribution is 5.57. The highest BCUT2D eigenvalue weighted by Crippen LogP contribution is 2.22. The van der Waals surface area contributed by atoms with Crippen molar-refractivity contribution in [3.05, 3.63) is 48.0 Å². The van der Waals surface area contributed by atoms with Gasteiger partial charge < -0.3 is 14.8 Å². The molecular formula is C17H22FNO2. The van der Waals surface area contributed by atoms with Crippen molar-refractivity contribution >= 4 is 0 Å². The first-order chi connectivity index (χ1) is 10.3. The first-order valence-electron chi connectivity index (χ1n) is 7.46. The van der Waals surface area contributed by atoms with Crippen LogP contribution in [0.5, 0.6) is 0 Å². The van der Waals surface area contributed by atoms with Crippen LogP contribution in [0.1, 0.15) is 31.4 Å². The molecule has 2 N–H and O–H groups in total. The largest absolute Gasteiger partial charge is 0.460 e. The minimum atomic E-state index is -0.242. The van der Waals surface area contributed by atoms with Crippen LogP contribution >= 0.6 is 0 Å². The summed E-state index contributed by atoms with van der Waals surface area (Å²) in [5, 5.41) is 12.0. The maximum Gasteiger partial charge on any atom is 0.134 e. The summed E-state index contributed by atoms with van der Waals surface area (Å²) in [6.07, 6.45) is 4.20. The van der Waals surface area contributed by atoms with Crippen molar-refractivity contribution in [1.82, 2.24) is 5.32 Å². The molecule has 0 aliphatic rings. The molecule has 1 aromatic carbocycles. The Hall–Kier alpha value is -1.65. The lowest BCUT2D eigenvalue weighted by atomic mass is 10.2. The van der Waals surface area contributed by atoms with E-state index in [4.69, 9.17) is 9.52 Å². The Labute approximate surface area is 124 Å². The van der Waals surface area contributed by atoms with Crippen LogP contribution in [0.25, 0.3) is 11.3 Å². The molecule has 3 nitrogen and oxygen atoms in total. The molecule has 0 saturated carbocycles. The Balaban J connectivity index is 1.72. The van der Waals surface area contributed by atoms with Crippen molar-refractivity contribution in [3.63, 3.8) is 0 Å². The second kappa shape index (κ2) is 8.60. The maximum atomic E-state index is 12.9. The number of furan rings is 1. The average Bonchev–Trinajstić information content (AvgIpc) is 2.96. The Kier molecular flexibility index (Phi) is 6.44. The summed E-state index contributed by atoms with van der Waals surface area (Å²) in [7, 11) is 0. The summed E-state index contributed by atoms with van der Waals surface area (Å²) >= 11 is 0. The number of rotatable bonds is 9. The van der Waals surface area contributed by atoms with Crippen LogP contribution in [-0.4, -0.2) is 18.3 Å². The number of hydrogen-bond donors (Lipinski definition) is 2. The smallest absolute Gasteiger partial charge is 0.134 e. The van der Waals surface area contributed by atoms with E-state index in [-0.39, 0.29) is 12.4 Å². The zero-order chi connectivity index (χ0) is 14.9. The fourth-order valence-corrected chi connectivity index (χ4v) is 2.17. The van der Waals surface area contributed by atoms with Gasteiger partial charge in [0, 0.05) is 12.2 Å². The molecule has 2 aromatic rings. The standard InChI is InChI=1S/C17H22FNO2/c18-15-7-5-14(6-8-15)17-10-9-16(21-17)13-19-11-3-1-2-4-12-20/h5-10,19-20H,1-4,11-13H2. The van der Waals surface area contributed by atoms with Crippen molar-refractivity contribution in [1.29, 1.82) is 0 Å². The SMILES string of the molecule is OCCCCCCNCc1ccc(-c2ccc(F)cc2)o1. The number of hydrogen-bond acceptors (Lipinski definition) is 3. The van der Waals surface area contributed by atoms with Crippen molar-refractivity contribution in [2.75, 3.05) is 13.2 Å². The molecule has 0 atom stereocenters. The second-order valence-corrected chi connectivity index (χ2v) is 5.09. The Morgan fingerprint density at radius 2 is 1.71 bits per heavy atom. The van der Waals surface area contributed by atoms with Gasteiger partial charge in [-0.05, 0) is 55.8 Å². The molecule has 0 unspecified atom stereocenters. The molecule has 4 heteroatoms. The van der Waals surface area contributed by atoms with Gasteiger partial charge in [-0.15, -0.1) is 0 Å². The third-order valence-corrected chi connectivity index (χ3v) is 3.35. The Bertz CT molecular complexity index is 522. The third kappa shape index (κ3) is 5.33. The number of nitrogens with one attached hydrogen (secondary N) is 1. The molecule has 0 aliphatic carbocycles. The summed E-state index contributed by atoms with van der Waals surface area (Å²) in [6.45, 7) is 1.92. The minimum absolute atomic E-state index is 0.242. The van der Waals surface area contributed by atoms with Crippen molar-refractivity contribution < 1.29 is 13.9 Å². The van der Waals surface area contributed by atoms with Gasteiger partial charge in [-0.2, -0.15) is 0 Å². The van der Waals surface area contributed by atoms with Gasteiger partial charge in [-0.3, -0.25) is 0 Å². The molecule has 0 radical (unpaired) electrons. The van der Waals surface area contributed by atoms with E-state index in [0.29, 0.717) is 6.54 Å². The summed E-state index contributed by atoms with van der Waals surface area (Å²) in [5.74, 6) is 1.40. The van der Waals surface area contributed by atoms with Gasteiger partial charge in [-0.25, -0.2) is 4.39 Å². The van der Waals surface area contributed by atoms with Crippen LogP contribution in [-0.2, 0) is 6.54 Å². The van der Waals surface area contributed by atoms with Crippen molar-refractivity contribution in [2.45, 2.75) is 32.2 Å². The third-order valence-electron chi connectivity index (χ3n) is 3.35. The fraction of sp³-hybridized carbons (Fsp3) is 0.412. The lowest BCUT2D eigenvalue weighted by molar-refractivity contribution is 0.282. The van der Waals surface area contributed by atoms with E-state index >= 15 is 0 Å². The fourth-order valence-electron chi connectivity index (χ4n) is 2.17. The molecular weight excluding hydrogens is 269 g/mol. The van der Waals surface area contributed by atoms with Crippen LogP contribution in [0.2, 0.25) is 0 Å². The predicted molar refractivity (Wildman–Crippen MR) is 81.4 cm³/mol. The topological polar surface area (TPSA) is 45.4 Å². The van der Waals surface area contributed by atoms with Crippen LogP contribution < -0.4 is 5.32 Å². The molecule has 0 spiro atoms. The number of halogens is 1. The molecule has 0 aliphatic heterocycles. The summed E-state index contributed by atoms with van der Waals surface area (Å²) in [4.78, 5) is 0. The number of aliphatic hydroxyl groups excluding tert-OH is 1. The number of benzene rings is 1. The van der Waals surface area contributed by atoms with E-state index in [1.54, 1.807) is 12.1 Å². The highest BCUT2D eigenvalue weighted by Gasteiger charge is 2.04. The summed E-state index contributed by atoms with van der Waals surface area (Å²) < 4.78 is 18.6. The molecule has 0 bridgehead atoms. The first-order valence-corrected chi connectivity index (χ1v) is 7.46. The second-order valence-electron chi connectivity index (χ2n) is 5.09. The van der Waals surface area contributed by atoms with Gasteiger partial charge in [-0.1, -0.05) is 12.8 Å². The monoisotopic (exact) mass is 291 g/mol. The number of unbranched alkanes of at least 4 members (excludes halogenated alkanes) is 3. The van der Waals surface area contributed by atoms with Gasteiger partial charge >= 0.3 is 0 Å². The first kappa shape index (κ1) is 15.7. The predicted octanol–water partition coefficient (Wildman–Crippen LogP) is 3.73. The van der Waals surface area contributed by atoms with Crippen molar-refractivity contribution in [2.24, 2.45) is 0 Å². The van der Waals surface area contributed by atoms with Gasteiger partial charge in [0.05, 0.1) is 6.54 Å². The lowest BCUT2D eigenvalue weighted by Gasteiger charge is -2.02. The molecule has 0 fully saturated rings. The van der Waals surface area contributed by atoms with Gasteiger partial charge in [0.2, 0.25) is 0 Å². The molecule has 114 valence electrons.